The van der Waals surface area contributed by atoms with E-state index in [1.807, 2.05) is 13.0 Å². The Hall–Kier alpha value is -1.88. The van der Waals surface area contributed by atoms with E-state index in [1.54, 1.807) is 24.3 Å². The quantitative estimate of drug-likeness (QED) is 0.765. The van der Waals surface area contributed by atoms with Crippen molar-refractivity contribution in [1.82, 2.24) is 10.6 Å². The number of benzene rings is 1. The number of aliphatic carboxylic acids is 1. The van der Waals surface area contributed by atoms with Crippen LogP contribution in [0.5, 0.6) is 0 Å². The Morgan fingerprint density at radius 1 is 1.38 bits per heavy atom. The topological polar surface area (TPSA) is 78.4 Å². The van der Waals surface area contributed by atoms with Gasteiger partial charge >= 0.3 is 5.97 Å². The predicted molar refractivity (Wildman–Crippen MR) is 80.0 cm³/mol. The molecule has 0 aliphatic carbocycles. The smallest absolute Gasteiger partial charge is 0.312 e. The molecule has 21 heavy (non-hydrogen) atoms. The van der Waals surface area contributed by atoms with Crippen molar-refractivity contribution in [3.8, 4) is 0 Å². The van der Waals surface area contributed by atoms with Gasteiger partial charge in [0.15, 0.2) is 0 Å². The highest BCUT2D eigenvalue weighted by Gasteiger charge is 2.28. The minimum atomic E-state index is -0.925. The number of carboxylic acid groups (broad SMARTS) is 1. The molecule has 1 heterocycles. The Morgan fingerprint density at radius 3 is 2.71 bits per heavy atom. The van der Waals surface area contributed by atoms with Gasteiger partial charge < -0.3 is 15.7 Å². The second-order valence-corrected chi connectivity index (χ2v) is 5.60. The van der Waals surface area contributed by atoms with Crippen molar-refractivity contribution in [2.24, 2.45) is 5.92 Å². The van der Waals surface area contributed by atoms with Gasteiger partial charge in [-0.15, -0.1) is 0 Å². The van der Waals surface area contributed by atoms with E-state index in [2.05, 4.69) is 10.6 Å². The molecule has 5 nitrogen and oxygen atoms in total. The van der Waals surface area contributed by atoms with Gasteiger partial charge in [0.1, 0.15) is 0 Å². The van der Waals surface area contributed by atoms with Gasteiger partial charge in [0.05, 0.1) is 12.0 Å². The van der Waals surface area contributed by atoms with Gasteiger partial charge in [-0.3, -0.25) is 9.59 Å². The summed E-state index contributed by atoms with van der Waals surface area (Å²) in [6.07, 6.45) is 2.10. The summed E-state index contributed by atoms with van der Waals surface area (Å²) in [7, 11) is 0. The minimum Gasteiger partial charge on any atom is -0.481 e. The highest BCUT2D eigenvalue weighted by Crippen LogP contribution is 2.17. The van der Waals surface area contributed by atoms with E-state index in [0.717, 1.165) is 19.4 Å². The van der Waals surface area contributed by atoms with Crippen LogP contribution in [0.25, 0.3) is 0 Å². The zero-order valence-corrected chi connectivity index (χ0v) is 12.2. The zero-order chi connectivity index (χ0) is 15.2. The van der Waals surface area contributed by atoms with Crippen LogP contribution in [0.3, 0.4) is 0 Å². The van der Waals surface area contributed by atoms with Crippen LogP contribution in [-0.2, 0) is 9.59 Å². The summed E-state index contributed by atoms with van der Waals surface area (Å²) in [5.41, 5.74) is 0.704. The number of hydrogen-bond acceptors (Lipinski definition) is 3. The summed E-state index contributed by atoms with van der Waals surface area (Å²) >= 11 is 0. The first kappa shape index (κ1) is 15.5. The van der Waals surface area contributed by atoms with Crippen LogP contribution in [0.1, 0.15) is 31.2 Å². The molecule has 3 unspecified atom stereocenters. The van der Waals surface area contributed by atoms with Gasteiger partial charge in [0.25, 0.3) is 0 Å². The number of carboxylic acids is 1. The van der Waals surface area contributed by atoms with E-state index in [-0.39, 0.29) is 24.4 Å². The van der Waals surface area contributed by atoms with Gasteiger partial charge in [0, 0.05) is 6.54 Å². The summed E-state index contributed by atoms with van der Waals surface area (Å²) in [5.74, 6) is -1.47. The second kappa shape index (κ2) is 7.22. The molecule has 3 N–H and O–H groups in total. The molecule has 1 aromatic rings. The van der Waals surface area contributed by atoms with Crippen molar-refractivity contribution >= 4 is 11.9 Å². The van der Waals surface area contributed by atoms with E-state index >= 15 is 0 Å². The maximum absolute atomic E-state index is 12.2. The summed E-state index contributed by atoms with van der Waals surface area (Å²) < 4.78 is 0. The van der Waals surface area contributed by atoms with Gasteiger partial charge in [-0.1, -0.05) is 37.3 Å². The Morgan fingerprint density at radius 2 is 2.10 bits per heavy atom. The normalized spacial score (nSPS) is 23.3. The van der Waals surface area contributed by atoms with Crippen LogP contribution in [0.2, 0.25) is 0 Å². The summed E-state index contributed by atoms with van der Waals surface area (Å²) in [5, 5.41) is 15.3. The van der Waals surface area contributed by atoms with Crippen molar-refractivity contribution in [3.63, 3.8) is 0 Å². The van der Waals surface area contributed by atoms with Crippen molar-refractivity contribution in [1.29, 1.82) is 0 Å². The summed E-state index contributed by atoms with van der Waals surface area (Å²) in [4.78, 5) is 23.6. The van der Waals surface area contributed by atoms with Crippen molar-refractivity contribution in [2.45, 2.75) is 31.7 Å². The molecular weight excluding hydrogens is 268 g/mol. The lowest BCUT2D eigenvalue weighted by Crippen LogP contribution is -2.51. The molecule has 1 aliphatic heterocycles. The molecule has 0 spiro atoms. The van der Waals surface area contributed by atoms with Crippen LogP contribution < -0.4 is 10.6 Å². The van der Waals surface area contributed by atoms with Crippen LogP contribution in [0, 0.1) is 5.92 Å². The second-order valence-electron chi connectivity index (χ2n) is 5.60. The van der Waals surface area contributed by atoms with E-state index in [4.69, 9.17) is 0 Å². The molecule has 1 amide bonds. The van der Waals surface area contributed by atoms with Gasteiger partial charge in [0.2, 0.25) is 5.91 Å². The third kappa shape index (κ3) is 4.04. The lowest BCUT2D eigenvalue weighted by molar-refractivity contribution is -0.138. The standard InChI is InChI=1S/C16H22N2O3/c1-11-6-5-9-17-14(11)15(19)18-10-13(16(20)21)12-7-3-2-4-8-12/h2-4,7-8,11,13-14,17H,5-6,9-10H2,1H3,(H,18,19)(H,20,21). The van der Waals surface area contributed by atoms with Gasteiger partial charge in [-0.2, -0.15) is 0 Å². The van der Waals surface area contributed by atoms with Crippen LogP contribution in [-0.4, -0.2) is 36.1 Å². The maximum Gasteiger partial charge on any atom is 0.312 e. The lowest BCUT2D eigenvalue weighted by Gasteiger charge is -2.29. The Bertz CT molecular complexity index is 490. The molecule has 0 bridgehead atoms. The first-order chi connectivity index (χ1) is 10.1. The van der Waals surface area contributed by atoms with Crippen molar-refractivity contribution in [2.75, 3.05) is 13.1 Å². The Kier molecular flexibility index (Phi) is 5.33. The molecule has 0 saturated carbocycles. The van der Waals surface area contributed by atoms with Gasteiger partial charge in [-0.25, -0.2) is 0 Å². The third-order valence-corrected chi connectivity index (χ3v) is 4.03. The predicted octanol–water partition coefficient (Wildman–Crippen LogP) is 1.36. The average Bonchev–Trinajstić information content (AvgIpc) is 2.48. The number of rotatable bonds is 5. The Balaban J connectivity index is 1.96. The first-order valence-corrected chi connectivity index (χ1v) is 7.38. The number of nitrogens with one attached hydrogen (secondary N) is 2. The number of carbonyl (C=O) groups excluding carboxylic acids is 1. The number of carbonyl (C=O) groups is 2. The van der Waals surface area contributed by atoms with Crippen molar-refractivity contribution < 1.29 is 14.7 Å². The number of amides is 1. The van der Waals surface area contributed by atoms with Crippen LogP contribution >= 0.6 is 0 Å². The zero-order valence-electron chi connectivity index (χ0n) is 12.2. The first-order valence-electron chi connectivity index (χ1n) is 7.38. The average molecular weight is 290 g/mol. The number of piperidine rings is 1. The van der Waals surface area contributed by atoms with Gasteiger partial charge in [-0.05, 0) is 30.9 Å². The SMILES string of the molecule is CC1CCCNC1C(=O)NCC(C(=O)O)c1ccccc1. The van der Waals surface area contributed by atoms with Crippen LogP contribution in [0.4, 0.5) is 0 Å². The molecule has 1 aromatic carbocycles. The molecular formula is C16H22N2O3. The molecule has 3 atom stereocenters. The lowest BCUT2D eigenvalue weighted by atomic mass is 9.92. The molecule has 0 radical (unpaired) electrons. The fourth-order valence-corrected chi connectivity index (χ4v) is 2.75. The molecule has 1 saturated heterocycles. The molecule has 0 aromatic heterocycles. The van der Waals surface area contributed by atoms with E-state index in [1.165, 1.54) is 0 Å². The largest absolute Gasteiger partial charge is 0.481 e. The minimum absolute atomic E-state index is 0.107. The molecule has 114 valence electrons. The molecule has 1 aliphatic rings. The fraction of sp³-hybridized carbons (Fsp3) is 0.500. The maximum atomic E-state index is 12.2. The van der Waals surface area contributed by atoms with Crippen LogP contribution in [0.15, 0.2) is 30.3 Å². The molecule has 2 rings (SSSR count). The monoisotopic (exact) mass is 290 g/mol. The highest BCUT2D eigenvalue weighted by molar-refractivity contribution is 5.83. The Labute approximate surface area is 124 Å². The highest BCUT2D eigenvalue weighted by atomic mass is 16.4. The third-order valence-electron chi connectivity index (χ3n) is 4.03. The summed E-state index contributed by atoms with van der Waals surface area (Å²) in [6, 6.07) is 8.77. The van der Waals surface area contributed by atoms with E-state index in [0.29, 0.717) is 5.56 Å². The number of hydrogen-bond donors (Lipinski definition) is 3. The van der Waals surface area contributed by atoms with E-state index < -0.39 is 11.9 Å². The molecule has 1 fully saturated rings. The van der Waals surface area contributed by atoms with Crippen molar-refractivity contribution in [3.05, 3.63) is 35.9 Å². The fourth-order valence-electron chi connectivity index (χ4n) is 2.75. The molecule has 5 heteroatoms. The summed E-state index contributed by atoms with van der Waals surface area (Å²) in [6.45, 7) is 2.99. The van der Waals surface area contributed by atoms with E-state index in [9.17, 15) is 14.7 Å².